The Labute approximate surface area is 157 Å². The molecule has 0 saturated carbocycles. The molecule has 0 saturated heterocycles. The van der Waals surface area contributed by atoms with Gasteiger partial charge in [-0.1, -0.05) is 36.4 Å². The van der Waals surface area contributed by atoms with Crippen molar-refractivity contribution in [1.82, 2.24) is 9.99 Å². The monoisotopic (exact) mass is 357 g/mol. The minimum Gasteiger partial charge on any atom is -0.497 e. The highest BCUT2D eigenvalue weighted by molar-refractivity contribution is 6.04. The van der Waals surface area contributed by atoms with Crippen LogP contribution >= 0.6 is 0 Å². The van der Waals surface area contributed by atoms with Gasteiger partial charge in [0.05, 0.1) is 18.9 Å². The third-order valence-electron chi connectivity index (χ3n) is 4.61. The molecule has 1 aliphatic rings. The van der Waals surface area contributed by atoms with Crippen molar-refractivity contribution in [2.45, 2.75) is 12.5 Å². The van der Waals surface area contributed by atoms with Crippen molar-refractivity contribution in [3.8, 4) is 5.75 Å². The molecule has 1 aromatic heterocycles. The molecule has 0 fully saturated rings. The van der Waals surface area contributed by atoms with Gasteiger partial charge in [-0.25, -0.2) is 5.01 Å². The van der Waals surface area contributed by atoms with E-state index in [0.29, 0.717) is 12.0 Å². The van der Waals surface area contributed by atoms with E-state index < -0.39 is 0 Å². The fourth-order valence-corrected chi connectivity index (χ4v) is 3.23. The highest BCUT2D eigenvalue weighted by atomic mass is 16.5. The molecule has 3 aromatic rings. The summed E-state index contributed by atoms with van der Waals surface area (Å²) in [5.74, 6) is 0.636. The van der Waals surface area contributed by atoms with Gasteiger partial charge >= 0.3 is 0 Å². The molecule has 1 amide bonds. The molecule has 1 aliphatic heterocycles. The van der Waals surface area contributed by atoms with Gasteiger partial charge in [-0.3, -0.25) is 9.78 Å². The SMILES string of the molecule is COc1cccc(C2CC(c3cccnc3)=NN2C(=O)c2ccccc2)c1. The summed E-state index contributed by atoms with van der Waals surface area (Å²) < 4.78 is 5.36. The zero-order chi connectivity index (χ0) is 18.6. The second-order valence-electron chi connectivity index (χ2n) is 6.30. The summed E-state index contributed by atoms with van der Waals surface area (Å²) in [4.78, 5) is 17.3. The first-order valence-electron chi connectivity index (χ1n) is 8.76. The standard InChI is InChI=1S/C22H19N3O2/c1-27-19-11-5-9-17(13-19)21-14-20(18-10-6-12-23-15-18)24-25(21)22(26)16-7-3-2-4-8-16/h2-13,15,21H,14H2,1H3. The van der Waals surface area contributed by atoms with Crippen LogP contribution in [0.15, 0.2) is 84.2 Å². The average molecular weight is 357 g/mol. The molecule has 134 valence electrons. The number of methoxy groups -OCH3 is 1. The average Bonchev–Trinajstić information content (AvgIpc) is 3.20. The second kappa shape index (κ2) is 7.41. The molecular formula is C22H19N3O2. The van der Waals surface area contributed by atoms with Crippen LogP contribution in [0.2, 0.25) is 0 Å². The third kappa shape index (κ3) is 3.44. The molecule has 0 bridgehead atoms. The van der Waals surface area contributed by atoms with Crippen LogP contribution < -0.4 is 4.74 Å². The number of hydrazone groups is 1. The number of benzene rings is 2. The number of carbonyl (C=O) groups is 1. The number of pyridine rings is 1. The Kier molecular flexibility index (Phi) is 4.66. The van der Waals surface area contributed by atoms with Gasteiger partial charge in [-0.05, 0) is 35.9 Å². The van der Waals surface area contributed by atoms with Gasteiger partial charge < -0.3 is 4.74 Å². The number of hydrogen-bond donors (Lipinski definition) is 0. The van der Waals surface area contributed by atoms with E-state index in [2.05, 4.69) is 10.1 Å². The molecule has 0 N–H and O–H groups in total. The first-order valence-corrected chi connectivity index (χ1v) is 8.76. The van der Waals surface area contributed by atoms with E-state index in [1.165, 1.54) is 0 Å². The molecule has 1 atom stereocenters. The molecule has 0 aliphatic carbocycles. The van der Waals surface area contributed by atoms with Crippen LogP contribution in [0, 0.1) is 0 Å². The Morgan fingerprint density at radius 2 is 1.93 bits per heavy atom. The number of amides is 1. The van der Waals surface area contributed by atoms with E-state index in [1.807, 2.05) is 66.7 Å². The Morgan fingerprint density at radius 1 is 1.07 bits per heavy atom. The Morgan fingerprint density at radius 3 is 2.67 bits per heavy atom. The van der Waals surface area contributed by atoms with Crippen molar-refractivity contribution >= 4 is 11.6 Å². The van der Waals surface area contributed by atoms with E-state index in [9.17, 15) is 4.79 Å². The summed E-state index contributed by atoms with van der Waals surface area (Å²) in [6, 6.07) is 20.7. The lowest BCUT2D eigenvalue weighted by Crippen LogP contribution is -2.27. The summed E-state index contributed by atoms with van der Waals surface area (Å²) >= 11 is 0. The highest BCUT2D eigenvalue weighted by Gasteiger charge is 2.33. The van der Waals surface area contributed by atoms with Gasteiger partial charge in [0.2, 0.25) is 0 Å². The van der Waals surface area contributed by atoms with Gasteiger partial charge in [-0.2, -0.15) is 5.10 Å². The second-order valence-corrected chi connectivity index (χ2v) is 6.30. The van der Waals surface area contributed by atoms with Crippen LogP contribution in [-0.2, 0) is 0 Å². The molecule has 0 radical (unpaired) electrons. The summed E-state index contributed by atoms with van der Waals surface area (Å²) in [7, 11) is 1.64. The maximum atomic E-state index is 13.1. The molecular weight excluding hydrogens is 338 g/mol. The molecule has 27 heavy (non-hydrogen) atoms. The first-order chi connectivity index (χ1) is 13.3. The van der Waals surface area contributed by atoms with Crippen LogP contribution in [0.4, 0.5) is 0 Å². The number of ether oxygens (including phenoxy) is 1. The van der Waals surface area contributed by atoms with Crippen molar-refractivity contribution in [3.05, 3.63) is 95.8 Å². The first kappa shape index (κ1) is 17.0. The molecule has 5 nitrogen and oxygen atoms in total. The van der Waals surface area contributed by atoms with Gasteiger partial charge in [-0.15, -0.1) is 0 Å². The largest absolute Gasteiger partial charge is 0.497 e. The Balaban J connectivity index is 1.74. The Bertz CT molecular complexity index is 971. The van der Waals surface area contributed by atoms with Crippen LogP contribution in [0.5, 0.6) is 5.75 Å². The van der Waals surface area contributed by atoms with Gasteiger partial charge in [0.25, 0.3) is 5.91 Å². The molecule has 2 aromatic carbocycles. The maximum Gasteiger partial charge on any atom is 0.274 e. The highest BCUT2D eigenvalue weighted by Crippen LogP contribution is 2.35. The van der Waals surface area contributed by atoms with Crippen LogP contribution in [-0.4, -0.2) is 28.7 Å². The smallest absolute Gasteiger partial charge is 0.274 e. The predicted octanol–water partition coefficient (Wildman–Crippen LogP) is 4.08. The fourth-order valence-electron chi connectivity index (χ4n) is 3.23. The minimum absolute atomic E-state index is 0.123. The van der Waals surface area contributed by atoms with Crippen LogP contribution in [0.25, 0.3) is 0 Å². The number of aromatic nitrogens is 1. The zero-order valence-electron chi connectivity index (χ0n) is 14.9. The quantitative estimate of drug-likeness (QED) is 0.707. The van der Waals surface area contributed by atoms with Crippen molar-refractivity contribution in [1.29, 1.82) is 0 Å². The summed E-state index contributed by atoms with van der Waals surface area (Å²) in [6.45, 7) is 0. The molecule has 1 unspecified atom stereocenters. The van der Waals surface area contributed by atoms with Crippen molar-refractivity contribution in [3.63, 3.8) is 0 Å². The molecule has 5 heteroatoms. The van der Waals surface area contributed by atoms with Crippen LogP contribution in [0.3, 0.4) is 0 Å². The zero-order valence-corrected chi connectivity index (χ0v) is 14.9. The number of nitrogens with zero attached hydrogens (tertiary/aromatic N) is 3. The Hall–Kier alpha value is -3.47. The fraction of sp³-hybridized carbons (Fsp3) is 0.136. The summed E-state index contributed by atoms with van der Waals surface area (Å²) in [5.41, 5.74) is 3.37. The van der Waals surface area contributed by atoms with E-state index in [0.717, 1.165) is 22.6 Å². The topological polar surface area (TPSA) is 54.8 Å². The number of carbonyl (C=O) groups excluding carboxylic acids is 1. The van der Waals surface area contributed by atoms with E-state index >= 15 is 0 Å². The van der Waals surface area contributed by atoms with Crippen molar-refractivity contribution in [2.75, 3.05) is 7.11 Å². The van der Waals surface area contributed by atoms with Gasteiger partial charge in [0.1, 0.15) is 5.75 Å². The molecule has 2 heterocycles. The maximum absolute atomic E-state index is 13.1. The molecule has 0 spiro atoms. The van der Waals surface area contributed by atoms with Gasteiger partial charge in [0, 0.05) is 29.9 Å². The van der Waals surface area contributed by atoms with E-state index in [4.69, 9.17) is 4.74 Å². The van der Waals surface area contributed by atoms with E-state index in [1.54, 1.807) is 24.5 Å². The lowest BCUT2D eigenvalue weighted by atomic mass is 9.98. The summed E-state index contributed by atoms with van der Waals surface area (Å²) in [6.07, 6.45) is 4.13. The van der Waals surface area contributed by atoms with Crippen LogP contribution in [0.1, 0.15) is 33.9 Å². The van der Waals surface area contributed by atoms with E-state index in [-0.39, 0.29) is 11.9 Å². The predicted molar refractivity (Wildman–Crippen MR) is 104 cm³/mol. The number of rotatable bonds is 4. The third-order valence-corrected chi connectivity index (χ3v) is 4.61. The van der Waals surface area contributed by atoms with Crippen molar-refractivity contribution < 1.29 is 9.53 Å². The molecule has 4 rings (SSSR count). The lowest BCUT2D eigenvalue weighted by molar-refractivity contribution is 0.0711. The van der Waals surface area contributed by atoms with Crippen molar-refractivity contribution in [2.24, 2.45) is 5.10 Å². The normalized spacial score (nSPS) is 16.1. The number of hydrogen-bond acceptors (Lipinski definition) is 4. The lowest BCUT2D eigenvalue weighted by Gasteiger charge is -2.22. The minimum atomic E-state index is -0.192. The summed E-state index contributed by atoms with van der Waals surface area (Å²) in [5, 5.41) is 6.24. The van der Waals surface area contributed by atoms with Gasteiger partial charge in [0.15, 0.2) is 0 Å².